The van der Waals surface area contributed by atoms with E-state index in [0.29, 0.717) is 27.2 Å². The maximum atomic E-state index is 13.6. The number of para-hydroxylation sites is 2. The van der Waals surface area contributed by atoms with E-state index in [1.165, 1.54) is 6.20 Å². The van der Waals surface area contributed by atoms with E-state index >= 15 is 0 Å². The zero-order chi connectivity index (χ0) is 22.1. The zero-order valence-electron chi connectivity index (χ0n) is 16.7. The molecule has 4 amide bonds. The lowest BCUT2D eigenvalue weighted by Gasteiger charge is -2.27. The van der Waals surface area contributed by atoms with Crippen molar-refractivity contribution in [3.63, 3.8) is 0 Å². The van der Waals surface area contributed by atoms with Gasteiger partial charge in [-0.1, -0.05) is 72.8 Å². The fourth-order valence-electron chi connectivity index (χ4n) is 3.79. The summed E-state index contributed by atoms with van der Waals surface area (Å²) in [6.45, 7) is 0. The van der Waals surface area contributed by atoms with Gasteiger partial charge in [0.15, 0.2) is 5.54 Å². The van der Waals surface area contributed by atoms with Crippen molar-refractivity contribution < 1.29 is 14.4 Å². The second-order valence-electron chi connectivity index (χ2n) is 7.24. The Kier molecular flexibility index (Phi) is 4.59. The molecule has 1 aliphatic rings. The minimum atomic E-state index is -1.47. The molecule has 0 radical (unpaired) electrons. The van der Waals surface area contributed by atoms with Gasteiger partial charge in [-0.3, -0.25) is 20.0 Å². The fraction of sp³-hybridized carbons (Fsp3) is 0.0417. The molecule has 0 spiro atoms. The molecule has 156 valence electrons. The van der Waals surface area contributed by atoms with Crippen molar-refractivity contribution in [3.8, 4) is 0 Å². The van der Waals surface area contributed by atoms with Crippen LogP contribution in [0.5, 0.6) is 0 Å². The van der Waals surface area contributed by atoms with Crippen LogP contribution in [0.25, 0.3) is 11.0 Å². The Morgan fingerprint density at radius 2 is 1.38 bits per heavy atom. The molecular weight excluding hydrogens is 406 g/mol. The van der Waals surface area contributed by atoms with Crippen LogP contribution in [-0.4, -0.2) is 32.8 Å². The van der Waals surface area contributed by atoms with Gasteiger partial charge in [0.2, 0.25) is 0 Å². The predicted octanol–water partition coefficient (Wildman–Crippen LogP) is 2.77. The number of aromatic nitrogens is 2. The molecule has 4 aromatic rings. The number of hydrogen-bond donors (Lipinski definition) is 2. The van der Waals surface area contributed by atoms with E-state index in [4.69, 9.17) is 0 Å². The van der Waals surface area contributed by atoms with Crippen LogP contribution in [0, 0.1) is 0 Å². The summed E-state index contributed by atoms with van der Waals surface area (Å²) in [5.41, 5.74) is 3.21. The smallest absolute Gasteiger partial charge is 0.314 e. The standard InChI is InChI=1S/C24H17N5O3/c30-21(20-15-25-18-13-7-8-14-19(18)26-20)28-29-22(31)24(27-23(29)32,16-9-3-1-4-10-16)17-11-5-2-6-12-17/h1-15H,(H,27,32)(H,28,30). The summed E-state index contributed by atoms with van der Waals surface area (Å²) in [6.07, 6.45) is 1.30. The van der Waals surface area contributed by atoms with E-state index in [-0.39, 0.29) is 5.69 Å². The Bertz CT molecular complexity index is 1300. The Hall–Kier alpha value is -4.59. The summed E-state index contributed by atoms with van der Waals surface area (Å²) in [5.74, 6) is -1.34. The lowest BCUT2D eigenvalue weighted by Crippen LogP contribution is -2.49. The van der Waals surface area contributed by atoms with Crippen LogP contribution < -0.4 is 10.7 Å². The van der Waals surface area contributed by atoms with Gasteiger partial charge in [0, 0.05) is 0 Å². The number of hydrazine groups is 1. The highest BCUT2D eigenvalue weighted by atomic mass is 16.2. The number of benzene rings is 3. The number of nitrogens with zero attached hydrogens (tertiary/aromatic N) is 3. The molecule has 0 unspecified atom stereocenters. The summed E-state index contributed by atoms with van der Waals surface area (Å²) >= 11 is 0. The summed E-state index contributed by atoms with van der Waals surface area (Å²) in [7, 11) is 0. The topological polar surface area (TPSA) is 104 Å². The number of carbonyl (C=O) groups excluding carboxylic acids is 3. The number of amides is 4. The number of carbonyl (C=O) groups is 3. The van der Waals surface area contributed by atoms with E-state index in [1.807, 2.05) is 18.2 Å². The molecule has 2 heterocycles. The third-order valence-electron chi connectivity index (χ3n) is 5.33. The van der Waals surface area contributed by atoms with Gasteiger partial charge in [-0.15, -0.1) is 0 Å². The van der Waals surface area contributed by atoms with Gasteiger partial charge >= 0.3 is 6.03 Å². The largest absolute Gasteiger partial charge is 0.344 e. The molecule has 0 bridgehead atoms. The van der Waals surface area contributed by atoms with Crippen molar-refractivity contribution >= 4 is 28.9 Å². The third-order valence-corrected chi connectivity index (χ3v) is 5.33. The number of imide groups is 1. The van der Waals surface area contributed by atoms with Crippen molar-refractivity contribution in [3.05, 3.63) is 108 Å². The Labute approximate surface area is 182 Å². The van der Waals surface area contributed by atoms with Crippen LogP contribution in [-0.2, 0) is 10.3 Å². The molecule has 1 aliphatic heterocycles. The highest BCUT2D eigenvalue weighted by Gasteiger charge is 2.54. The highest BCUT2D eigenvalue weighted by molar-refractivity contribution is 6.11. The van der Waals surface area contributed by atoms with Gasteiger partial charge < -0.3 is 5.32 Å². The molecule has 2 N–H and O–H groups in total. The average Bonchev–Trinajstić information content (AvgIpc) is 3.10. The molecule has 0 saturated carbocycles. The van der Waals surface area contributed by atoms with Gasteiger partial charge in [-0.05, 0) is 23.3 Å². The summed E-state index contributed by atoms with van der Waals surface area (Å²) < 4.78 is 0. The van der Waals surface area contributed by atoms with Gasteiger partial charge in [-0.25, -0.2) is 9.78 Å². The van der Waals surface area contributed by atoms with Crippen molar-refractivity contribution in [2.75, 3.05) is 0 Å². The SMILES string of the molecule is O=C(NN1C(=O)NC(c2ccccc2)(c2ccccc2)C1=O)c1cnc2ccccc2n1. The Balaban J connectivity index is 1.51. The van der Waals surface area contributed by atoms with Crippen LogP contribution in [0.15, 0.2) is 91.1 Å². The first-order chi connectivity index (χ1) is 15.6. The van der Waals surface area contributed by atoms with Crippen LogP contribution in [0.1, 0.15) is 21.6 Å². The minimum Gasteiger partial charge on any atom is -0.314 e. The van der Waals surface area contributed by atoms with Crippen LogP contribution >= 0.6 is 0 Å². The van der Waals surface area contributed by atoms with E-state index in [0.717, 1.165) is 0 Å². The quantitative estimate of drug-likeness (QED) is 0.491. The van der Waals surface area contributed by atoms with Gasteiger partial charge in [0.1, 0.15) is 5.69 Å². The number of urea groups is 1. The molecule has 8 nitrogen and oxygen atoms in total. The first-order valence-corrected chi connectivity index (χ1v) is 9.90. The number of rotatable bonds is 4. The highest BCUT2D eigenvalue weighted by Crippen LogP contribution is 2.35. The summed E-state index contributed by atoms with van der Waals surface area (Å²) in [4.78, 5) is 47.8. The van der Waals surface area contributed by atoms with Crippen molar-refractivity contribution in [1.82, 2.24) is 25.7 Å². The zero-order valence-corrected chi connectivity index (χ0v) is 16.7. The van der Waals surface area contributed by atoms with Crippen molar-refractivity contribution in [2.24, 2.45) is 0 Å². The number of nitrogens with one attached hydrogen (secondary N) is 2. The second-order valence-corrected chi connectivity index (χ2v) is 7.24. The average molecular weight is 423 g/mol. The molecule has 1 saturated heterocycles. The maximum Gasteiger partial charge on any atom is 0.344 e. The number of hydrogen-bond acceptors (Lipinski definition) is 5. The lowest BCUT2D eigenvalue weighted by atomic mass is 9.83. The molecule has 8 heteroatoms. The Morgan fingerprint density at radius 1 is 0.812 bits per heavy atom. The van der Waals surface area contributed by atoms with E-state index < -0.39 is 23.4 Å². The maximum absolute atomic E-state index is 13.6. The van der Waals surface area contributed by atoms with Gasteiger partial charge in [-0.2, -0.15) is 5.01 Å². The molecule has 1 aromatic heterocycles. The van der Waals surface area contributed by atoms with Crippen LogP contribution in [0.3, 0.4) is 0 Å². The van der Waals surface area contributed by atoms with E-state index in [2.05, 4.69) is 20.7 Å². The second kappa shape index (κ2) is 7.59. The van der Waals surface area contributed by atoms with E-state index in [9.17, 15) is 14.4 Å². The number of fused-ring (bicyclic) bond motifs is 1. The first kappa shape index (κ1) is 19.4. The molecule has 1 fully saturated rings. The lowest BCUT2D eigenvalue weighted by molar-refractivity contribution is -0.131. The third kappa shape index (κ3) is 3.05. The van der Waals surface area contributed by atoms with Crippen molar-refractivity contribution in [1.29, 1.82) is 0 Å². The summed E-state index contributed by atoms with van der Waals surface area (Å²) in [6, 6.07) is 24.1. The minimum absolute atomic E-state index is 0.0128. The molecule has 3 aromatic carbocycles. The van der Waals surface area contributed by atoms with Crippen LogP contribution in [0.2, 0.25) is 0 Å². The van der Waals surface area contributed by atoms with E-state index in [1.54, 1.807) is 66.7 Å². The van der Waals surface area contributed by atoms with Crippen molar-refractivity contribution in [2.45, 2.75) is 5.54 Å². The molecule has 5 rings (SSSR count). The van der Waals surface area contributed by atoms with Gasteiger partial charge in [0.05, 0.1) is 17.2 Å². The molecule has 0 atom stereocenters. The molecule has 32 heavy (non-hydrogen) atoms. The monoisotopic (exact) mass is 423 g/mol. The fourth-order valence-corrected chi connectivity index (χ4v) is 3.79. The molecule has 0 aliphatic carbocycles. The normalized spacial score (nSPS) is 14.9. The van der Waals surface area contributed by atoms with Crippen LogP contribution in [0.4, 0.5) is 4.79 Å². The predicted molar refractivity (Wildman–Crippen MR) is 116 cm³/mol. The van der Waals surface area contributed by atoms with Gasteiger partial charge in [0.25, 0.3) is 11.8 Å². The summed E-state index contributed by atoms with van der Waals surface area (Å²) in [5, 5.41) is 3.47. The molecular formula is C24H17N5O3. The Morgan fingerprint density at radius 3 is 2.00 bits per heavy atom. The first-order valence-electron chi connectivity index (χ1n) is 9.90.